The van der Waals surface area contributed by atoms with Crippen molar-refractivity contribution < 1.29 is 19.4 Å². The fourth-order valence-corrected chi connectivity index (χ4v) is 3.96. The summed E-state index contributed by atoms with van der Waals surface area (Å²) in [7, 11) is 0. The van der Waals surface area contributed by atoms with E-state index in [0.29, 0.717) is 45.3 Å². The summed E-state index contributed by atoms with van der Waals surface area (Å²) >= 11 is 0. The molecule has 0 atom stereocenters. The van der Waals surface area contributed by atoms with Gasteiger partial charge in [-0.2, -0.15) is 0 Å². The van der Waals surface area contributed by atoms with E-state index in [2.05, 4.69) is 39.4 Å². The molecule has 2 amide bonds. The number of carbonyl (C=O) groups excluding carboxylic acids is 2. The molecule has 0 bridgehead atoms. The third kappa shape index (κ3) is 5.81. The largest absolute Gasteiger partial charge is 0.508 e. The lowest BCUT2D eigenvalue weighted by Crippen LogP contribution is -2.14. The number of hydrogen-bond acceptors (Lipinski definition) is 8. The monoisotopic (exact) mass is 534 g/mol. The van der Waals surface area contributed by atoms with Gasteiger partial charge in [-0.1, -0.05) is 19.9 Å². The summed E-state index contributed by atoms with van der Waals surface area (Å²) in [5, 5.41) is 16.4. The maximum atomic E-state index is 13.2. The lowest BCUT2D eigenvalue weighted by Gasteiger charge is -2.16. The Balaban J connectivity index is 1.51. The molecule has 5 rings (SSSR count). The summed E-state index contributed by atoms with van der Waals surface area (Å²) in [6, 6.07) is 21.4. The predicted octanol–water partition coefficient (Wildman–Crippen LogP) is 5.74. The van der Waals surface area contributed by atoms with Gasteiger partial charge in [-0.05, 0) is 78.7 Å². The molecule has 0 aliphatic carbocycles. The summed E-state index contributed by atoms with van der Waals surface area (Å²) in [5.74, 6) is 0.726. The molecule has 10 heteroatoms. The molecule has 0 unspecified atom stereocenters. The van der Waals surface area contributed by atoms with E-state index in [1.54, 1.807) is 48.5 Å². The van der Waals surface area contributed by atoms with E-state index < -0.39 is 11.8 Å². The number of amides is 2. The van der Waals surface area contributed by atoms with Crippen LogP contribution in [0.25, 0.3) is 11.0 Å². The molecule has 5 N–H and O–H groups in total. The van der Waals surface area contributed by atoms with Gasteiger partial charge in [0, 0.05) is 22.5 Å². The minimum absolute atomic E-state index is 0.110. The standard InChI is InChI=1S/C30H26N6O4/c1-17(2)24-12-11-23-28(35-24)32-16-33-29(23)36-25-15-19(6-13-26(25)40-22-9-7-21(37)8-10-22)30(39)34-20-5-3-4-18(14-20)27(31)38/h3-17,37H,1-2H3,(H2,31,38)(H,34,39)(H,32,33,35,36). The zero-order valence-corrected chi connectivity index (χ0v) is 21.8. The zero-order chi connectivity index (χ0) is 28.2. The van der Waals surface area contributed by atoms with Gasteiger partial charge in [0.2, 0.25) is 5.91 Å². The van der Waals surface area contributed by atoms with Crippen molar-refractivity contribution >= 4 is 40.0 Å². The molecule has 2 heterocycles. The first kappa shape index (κ1) is 26.1. The average molecular weight is 535 g/mol. The van der Waals surface area contributed by atoms with Gasteiger partial charge in [0.15, 0.2) is 11.4 Å². The molecule has 0 aliphatic rings. The summed E-state index contributed by atoms with van der Waals surface area (Å²) < 4.78 is 6.08. The topological polar surface area (TPSA) is 152 Å². The number of hydrogen-bond donors (Lipinski definition) is 4. The van der Waals surface area contributed by atoms with Crippen molar-refractivity contribution in [1.29, 1.82) is 0 Å². The van der Waals surface area contributed by atoms with Crippen LogP contribution in [0.1, 0.15) is 46.2 Å². The molecule has 0 aliphatic heterocycles. The maximum absolute atomic E-state index is 13.2. The minimum Gasteiger partial charge on any atom is -0.508 e. The van der Waals surface area contributed by atoms with Crippen molar-refractivity contribution in [3.05, 3.63) is 102 Å². The number of fused-ring (bicyclic) bond motifs is 1. The molecule has 0 radical (unpaired) electrons. The summed E-state index contributed by atoms with van der Waals surface area (Å²) in [5.41, 5.74) is 8.30. The number of aromatic nitrogens is 3. The number of phenols is 1. The Morgan fingerprint density at radius 3 is 2.48 bits per heavy atom. The summed E-state index contributed by atoms with van der Waals surface area (Å²) in [4.78, 5) is 38.1. The van der Waals surface area contributed by atoms with Crippen LogP contribution in [0, 0.1) is 0 Å². The number of ether oxygens (including phenoxy) is 1. The van der Waals surface area contributed by atoms with Crippen LogP contribution in [0.3, 0.4) is 0 Å². The number of nitrogens with zero attached hydrogens (tertiary/aromatic N) is 3. The average Bonchev–Trinajstić information content (AvgIpc) is 2.95. The molecule has 200 valence electrons. The second-order valence-electron chi connectivity index (χ2n) is 9.32. The molecule has 3 aromatic carbocycles. The van der Waals surface area contributed by atoms with Crippen LogP contribution in [0.15, 0.2) is 85.2 Å². The second kappa shape index (κ2) is 11.1. The van der Waals surface area contributed by atoms with E-state index in [9.17, 15) is 14.7 Å². The fraction of sp³-hybridized carbons (Fsp3) is 0.100. The van der Waals surface area contributed by atoms with Crippen LogP contribution in [0.4, 0.5) is 17.2 Å². The predicted molar refractivity (Wildman–Crippen MR) is 152 cm³/mol. The van der Waals surface area contributed by atoms with E-state index in [-0.39, 0.29) is 17.2 Å². The van der Waals surface area contributed by atoms with E-state index in [0.717, 1.165) is 5.69 Å². The molecule has 10 nitrogen and oxygen atoms in total. The van der Waals surface area contributed by atoms with Crippen molar-refractivity contribution in [2.75, 3.05) is 10.6 Å². The molecule has 0 spiro atoms. The third-order valence-electron chi connectivity index (χ3n) is 6.07. The number of phenolic OH excluding ortho intramolecular Hbond substituents is 1. The number of carbonyl (C=O) groups is 2. The molecule has 0 fully saturated rings. The van der Waals surface area contributed by atoms with Crippen molar-refractivity contribution in [3.63, 3.8) is 0 Å². The fourth-order valence-electron chi connectivity index (χ4n) is 3.96. The quantitative estimate of drug-likeness (QED) is 0.197. The smallest absolute Gasteiger partial charge is 0.255 e. The van der Waals surface area contributed by atoms with Crippen molar-refractivity contribution in [1.82, 2.24) is 15.0 Å². The highest BCUT2D eigenvalue weighted by Crippen LogP contribution is 2.34. The van der Waals surface area contributed by atoms with Crippen LogP contribution in [-0.4, -0.2) is 31.9 Å². The zero-order valence-electron chi connectivity index (χ0n) is 21.8. The highest BCUT2D eigenvalue weighted by Gasteiger charge is 2.15. The molecule has 0 saturated carbocycles. The van der Waals surface area contributed by atoms with Gasteiger partial charge in [0.05, 0.1) is 11.1 Å². The SMILES string of the molecule is CC(C)c1ccc2c(Nc3cc(C(=O)Nc4cccc(C(N)=O)c4)ccc3Oc3ccc(O)cc3)ncnc2n1. The summed E-state index contributed by atoms with van der Waals surface area (Å²) in [6.07, 6.45) is 1.42. The van der Waals surface area contributed by atoms with Gasteiger partial charge in [-0.25, -0.2) is 15.0 Å². The van der Waals surface area contributed by atoms with E-state index >= 15 is 0 Å². The maximum Gasteiger partial charge on any atom is 0.255 e. The normalized spacial score (nSPS) is 10.9. The first-order valence-electron chi connectivity index (χ1n) is 12.5. The number of nitrogens with one attached hydrogen (secondary N) is 2. The van der Waals surface area contributed by atoms with Crippen LogP contribution in [0.5, 0.6) is 17.2 Å². The Labute approximate surface area is 229 Å². The van der Waals surface area contributed by atoms with Gasteiger partial charge < -0.3 is 26.2 Å². The van der Waals surface area contributed by atoms with Gasteiger partial charge in [0.1, 0.15) is 23.6 Å². The molecular weight excluding hydrogens is 508 g/mol. The summed E-state index contributed by atoms with van der Waals surface area (Å²) in [6.45, 7) is 4.12. The number of pyridine rings is 1. The van der Waals surface area contributed by atoms with Crippen molar-refractivity contribution in [2.24, 2.45) is 5.73 Å². The molecule has 0 saturated heterocycles. The Morgan fingerprint density at radius 1 is 0.925 bits per heavy atom. The molecule has 40 heavy (non-hydrogen) atoms. The third-order valence-corrected chi connectivity index (χ3v) is 6.07. The van der Waals surface area contributed by atoms with Crippen molar-refractivity contribution in [2.45, 2.75) is 19.8 Å². The minimum atomic E-state index is -0.592. The first-order valence-corrected chi connectivity index (χ1v) is 12.5. The van der Waals surface area contributed by atoms with E-state index in [4.69, 9.17) is 10.5 Å². The highest BCUT2D eigenvalue weighted by molar-refractivity contribution is 6.06. The number of benzene rings is 3. The number of rotatable bonds is 8. The Kier molecular flexibility index (Phi) is 7.23. The number of nitrogens with two attached hydrogens (primary N) is 1. The Morgan fingerprint density at radius 2 is 1.73 bits per heavy atom. The first-order chi connectivity index (χ1) is 19.3. The van der Waals surface area contributed by atoms with Gasteiger partial charge in [-0.3, -0.25) is 9.59 Å². The number of anilines is 3. The highest BCUT2D eigenvalue weighted by atomic mass is 16.5. The van der Waals surface area contributed by atoms with Crippen LogP contribution in [0.2, 0.25) is 0 Å². The number of aromatic hydroxyl groups is 1. The molecule has 2 aromatic heterocycles. The molecular formula is C30H26N6O4. The van der Waals surface area contributed by atoms with Gasteiger partial charge in [-0.15, -0.1) is 0 Å². The van der Waals surface area contributed by atoms with Crippen LogP contribution >= 0.6 is 0 Å². The van der Waals surface area contributed by atoms with Crippen LogP contribution < -0.4 is 21.1 Å². The number of primary amides is 1. The van der Waals surface area contributed by atoms with Crippen molar-refractivity contribution in [3.8, 4) is 17.2 Å². The van der Waals surface area contributed by atoms with E-state index in [1.165, 1.54) is 24.5 Å². The lowest BCUT2D eigenvalue weighted by molar-refractivity contribution is 0.0996. The van der Waals surface area contributed by atoms with Gasteiger partial charge >= 0.3 is 0 Å². The Hall–Kier alpha value is -5.51. The van der Waals surface area contributed by atoms with Crippen LogP contribution in [-0.2, 0) is 0 Å². The Bertz CT molecular complexity index is 1720. The lowest BCUT2D eigenvalue weighted by atomic mass is 10.1. The van der Waals surface area contributed by atoms with Gasteiger partial charge in [0.25, 0.3) is 5.91 Å². The molecule has 5 aromatic rings. The van der Waals surface area contributed by atoms with E-state index in [1.807, 2.05) is 12.1 Å². The second-order valence-corrected chi connectivity index (χ2v) is 9.32.